The molecule has 1 rings (SSSR count). The van der Waals surface area contributed by atoms with Crippen LogP contribution >= 0.6 is 0 Å². The van der Waals surface area contributed by atoms with E-state index in [9.17, 15) is 24.3 Å². The fourth-order valence-corrected chi connectivity index (χ4v) is 3.48. The van der Waals surface area contributed by atoms with E-state index in [1.54, 1.807) is 6.20 Å². The van der Waals surface area contributed by atoms with Gasteiger partial charge in [-0.05, 0) is 24.7 Å². The average Bonchev–Trinajstić information content (AvgIpc) is 3.18. The van der Waals surface area contributed by atoms with E-state index >= 15 is 0 Å². The SMILES string of the molecule is CC(=O)N[C@@H](Cc1cnc[nH]1)C(=O)N[C@@H](CC(C)C)[C@@H](O)CC(=O)N[C@@H](CC(C)C)C(N)=O. The molecule has 1 aromatic rings. The van der Waals surface area contributed by atoms with Crippen LogP contribution in [0.1, 0.15) is 59.6 Å². The first-order chi connectivity index (χ1) is 15.4. The smallest absolute Gasteiger partial charge is 0.243 e. The Morgan fingerprint density at radius 3 is 2.15 bits per heavy atom. The first-order valence-corrected chi connectivity index (χ1v) is 11.2. The molecular weight excluding hydrogens is 428 g/mol. The Morgan fingerprint density at radius 1 is 1.03 bits per heavy atom. The molecule has 0 saturated heterocycles. The Labute approximate surface area is 194 Å². The van der Waals surface area contributed by atoms with Crippen LogP contribution < -0.4 is 21.7 Å². The van der Waals surface area contributed by atoms with Crippen LogP contribution in [0.15, 0.2) is 12.5 Å². The van der Waals surface area contributed by atoms with E-state index in [0.29, 0.717) is 18.5 Å². The van der Waals surface area contributed by atoms with Gasteiger partial charge < -0.3 is 31.8 Å². The maximum Gasteiger partial charge on any atom is 0.243 e. The molecule has 1 aromatic heterocycles. The number of hydrogen-bond acceptors (Lipinski definition) is 6. The van der Waals surface area contributed by atoms with Crippen molar-refractivity contribution < 1.29 is 24.3 Å². The van der Waals surface area contributed by atoms with Crippen molar-refractivity contribution in [3.8, 4) is 0 Å². The van der Waals surface area contributed by atoms with Crippen LogP contribution in [-0.4, -0.2) is 62.9 Å². The van der Waals surface area contributed by atoms with Gasteiger partial charge in [-0.1, -0.05) is 27.7 Å². The number of aromatic amines is 1. The zero-order chi connectivity index (χ0) is 25.1. The molecule has 4 atom stereocenters. The van der Waals surface area contributed by atoms with Gasteiger partial charge in [0.25, 0.3) is 0 Å². The third kappa shape index (κ3) is 11.0. The molecule has 4 amide bonds. The Morgan fingerprint density at radius 2 is 1.67 bits per heavy atom. The fraction of sp³-hybridized carbons (Fsp3) is 0.682. The van der Waals surface area contributed by atoms with Gasteiger partial charge in [0.1, 0.15) is 12.1 Å². The summed E-state index contributed by atoms with van der Waals surface area (Å²) in [4.78, 5) is 55.4. The molecule has 0 aliphatic carbocycles. The topological polar surface area (TPSA) is 179 Å². The van der Waals surface area contributed by atoms with E-state index in [2.05, 4.69) is 25.9 Å². The highest BCUT2D eigenvalue weighted by molar-refractivity contribution is 5.88. The van der Waals surface area contributed by atoms with Crippen molar-refractivity contribution in [3.05, 3.63) is 18.2 Å². The van der Waals surface area contributed by atoms with Crippen molar-refractivity contribution in [2.45, 2.75) is 84.5 Å². The molecule has 7 N–H and O–H groups in total. The maximum atomic E-state index is 12.9. The van der Waals surface area contributed by atoms with Gasteiger partial charge in [-0.3, -0.25) is 19.2 Å². The largest absolute Gasteiger partial charge is 0.390 e. The summed E-state index contributed by atoms with van der Waals surface area (Å²) in [5.41, 5.74) is 6.03. The monoisotopic (exact) mass is 466 g/mol. The molecule has 11 heteroatoms. The second-order valence-corrected chi connectivity index (χ2v) is 9.20. The standard InChI is InChI=1S/C22H38N6O5/c1-12(2)6-16(19(30)9-20(31)27-17(21(23)32)7-13(3)4)28-22(33)18(26-14(5)29)8-15-10-24-11-25-15/h10-13,16-19,30H,6-9H2,1-5H3,(H2,23,32)(H,24,25)(H,26,29)(H,27,31)(H,28,33)/t16-,17-,18-,19-/m0/s1. The molecule has 33 heavy (non-hydrogen) atoms. The summed E-state index contributed by atoms with van der Waals surface area (Å²) >= 11 is 0. The number of amides is 4. The Kier molecular flexibility index (Phi) is 11.5. The van der Waals surface area contributed by atoms with Crippen molar-refractivity contribution >= 4 is 23.6 Å². The highest BCUT2D eigenvalue weighted by atomic mass is 16.3. The number of nitrogens with two attached hydrogens (primary N) is 1. The van der Waals surface area contributed by atoms with E-state index in [1.807, 2.05) is 27.7 Å². The zero-order valence-electron chi connectivity index (χ0n) is 20.1. The van der Waals surface area contributed by atoms with Crippen LogP contribution in [0.4, 0.5) is 0 Å². The molecule has 0 bridgehead atoms. The lowest BCUT2D eigenvalue weighted by Gasteiger charge is -2.28. The molecule has 0 fully saturated rings. The molecule has 0 radical (unpaired) electrons. The van der Waals surface area contributed by atoms with Gasteiger partial charge in [0.2, 0.25) is 23.6 Å². The number of rotatable bonds is 14. The van der Waals surface area contributed by atoms with E-state index < -0.39 is 42.0 Å². The van der Waals surface area contributed by atoms with Gasteiger partial charge in [0.05, 0.1) is 24.9 Å². The van der Waals surface area contributed by atoms with E-state index in [4.69, 9.17) is 5.73 Å². The number of aliphatic hydroxyl groups is 1. The number of carbonyl (C=O) groups excluding carboxylic acids is 4. The van der Waals surface area contributed by atoms with Gasteiger partial charge in [0.15, 0.2) is 0 Å². The molecule has 0 unspecified atom stereocenters. The Hall–Kier alpha value is -2.95. The number of H-pyrrole nitrogens is 1. The fourth-order valence-electron chi connectivity index (χ4n) is 3.48. The van der Waals surface area contributed by atoms with Crippen molar-refractivity contribution in [2.75, 3.05) is 0 Å². The maximum absolute atomic E-state index is 12.9. The van der Waals surface area contributed by atoms with Crippen molar-refractivity contribution in [1.82, 2.24) is 25.9 Å². The molecule has 0 aromatic carbocycles. The number of imidazole rings is 1. The predicted molar refractivity (Wildman–Crippen MR) is 122 cm³/mol. The molecule has 0 spiro atoms. The number of carbonyl (C=O) groups is 4. The summed E-state index contributed by atoms with van der Waals surface area (Å²) in [6.07, 6.45) is 2.49. The van der Waals surface area contributed by atoms with Crippen LogP contribution in [0.5, 0.6) is 0 Å². The van der Waals surface area contributed by atoms with Crippen molar-refractivity contribution in [1.29, 1.82) is 0 Å². The van der Waals surface area contributed by atoms with Crippen LogP contribution in [0, 0.1) is 11.8 Å². The van der Waals surface area contributed by atoms with Gasteiger partial charge in [-0.2, -0.15) is 0 Å². The van der Waals surface area contributed by atoms with E-state index in [0.717, 1.165) is 0 Å². The lowest BCUT2D eigenvalue weighted by Crippen LogP contribution is -2.54. The summed E-state index contributed by atoms with van der Waals surface area (Å²) < 4.78 is 0. The molecule has 11 nitrogen and oxygen atoms in total. The summed E-state index contributed by atoms with van der Waals surface area (Å²) in [6.45, 7) is 8.96. The second kappa shape index (κ2) is 13.6. The first kappa shape index (κ1) is 28.1. The summed E-state index contributed by atoms with van der Waals surface area (Å²) in [7, 11) is 0. The van der Waals surface area contributed by atoms with Crippen LogP contribution in [0.2, 0.25) is 0 Å². The normalized spacial score (nSPS) is 14.9. The Balaban J connectivity index is 2.86. The number of hydrogen-bond donors (Lipinski definition) is 6. The second-order valence-electron chi connectivity index (χ2n) is 9.20. The third-order valence-electron chi connectivity index (χ3n) is 4.97. The number of aromatic nitrogens is 2. The van der Waals surface area contributed by atoms with Gasteiger partial charge in [-0.15, -0.1) is 0 Å². The summed E-state index contributed by atoms with van der Waals surface area (Å²) in [5.74, 6) is -1.79. The van der Waals surface area contributed by atoms with Crippen LogP contribution in [0.25, 0.3) is 0 Å². The van der Waals surface area contributed by atoms with Crippen LogP contribution in [0.3, 0.4) is 0 Å². The quantitative estimate of drug-likeness (QED) is 0.220. The predicted octanol–water partition coefficient (Wildman–Crippen LogP) is -0.245. The summed E-state index contributed by atoms with van der Waals surface area (Å²) in [6, 6.07) is -2.45. The number of primary amides is 1. The van der Waals surface area contributed by atoms with Crippen LogP contribution in [-0.2, 0) is 25.6 Å². The molecule has 0 aliphatic rings. The minimum absolute atomic E-state index is 0.110. The molecule has 1 heterocycles. The zero-order valence-corrected chi connectivity index (χ0v) is 20.1. The molecule has 186 valence electrons. The number of nitrogens with one attached hydrogen (secondary N) is 4. The summed E-state index contributed by atoms with van der Waals surface area (Å²) in [5, 5.41) is 18.7. The molecule has 0 saturated carbocycles. The first-order valence-electron chi connectivity index (χ1n) is 11.2. The molecule has 0 aliphatic heterocycles. The van der Waals surface area contributed by atoms with Gasteiger partial charge in [0, 0.05) is 25.2 Å². The third-order valence-corrected chi connectivity index (χ3v) is 4.97. The van der Waals surface area contributed by atoms with Crippen molar-refractivity contribution in [2.24, 2.45) is 17.6 Å². The van der Waals surface area contributed by atoms with E-state index in [-0.39, 0.29) is 30.6 Å². The van der Waals surface area contributed by atoms with Crippen molar-refractivity contribution in [3.63, 3.8) is 0 Å². The minimum Gasteiger partial charge on any atom is -0.390 e. The lowest BCUT2D eigenvalue weighted by molar-refractivity contribution is -0.131. The average molecular weight is 467 g/mol. The Bertz CT molecular complexity index is 780. The highest BCUT2D eigenvalue weighted by Gasteiger charge is 2.29. The lowest BCUT2D eigenvalue weighted by atomic mass is 9.96. The minimum atomic E-state index is -1.20. The number of aliphatic hydroxyl groups excluding tert-OH is 1. The van der Waals surface area contributed by atoms with E-state index in [1.165, 1.54) is 13.3 Å². The van der Waals surface area contributed by atoms with Gasteiger partial charge >= 0.3 is 0 Å². The molecular formula is C22H38N6O5. The number of nitrogens with zero attached hydrogens (tertiary/aromatic N) is 1. The highest BCUT2D eigenvalue weighted by Crippen LogP contribution is 2.13. The van der Waals surface area contributed by atoms with Gasteiger partial charge in [-0.25, -0.2) is 4.98 Å².